The average Bonchev–Trinajstić information content (AvgIpc) is 3.59. The van der Waals surface area contributed by atoms with E-state index in [0.29, 0.717) is 31.3 Å². The summed E-state index contributed by atoms with van der Waals surface area (Å²) in [6.45, 7) is 1.01. The van der Waals surface area contributed by atoms with Crippen molar-refractivity contribution in [3.8, 4) is 11.7 Å². The predicted molar refractivity (Wildman–Crippen MR) is 110 cm³/mol. The van der Waals surface area contributed by atoms with Crippen molar-refractivity contribution in [3.05, 3.63) is 58.9 Å². The van der Waals surface area contributed by atoms with Crippen LogP contribution < -0.4 is 5.32 Å². The Labute approximate surface area is 182 Å². The molecule has 0 radical (unpaired) electrons. The second-order valence-electron chi connectivity index (χ2n) is 8.01. The number of H-pyrrole nitrogens is 1. The van der Waals surface area contributed by atoms with Gasteiger partial charge < -0.3 is 19.1 Å². The van der Waals surface area contributed by atoms with Gasteiger partial charge in [-0.05, 0) is 24.0 Å². The van der Waals surface area contributed by atoms with Crippen molar-refractivity contribution in [1.29, 1.82) is 0 Å². The monoisotopic (exact) mass is 432 g/mol. The Morgan fingerprint density at radius 3 is 2.78 bits per heavy atom. The van der Waals surface area contributed by atoms with Gasteiger partial charge in [0.05, 0.1) is 18.4 Å². The molecule has 0 saturated heterocycles. The number of oxazole rings is 1. The quantitative estimate of drug-likeness (QED) is 0.481. The minimum atomic E-state index is -0.102. The molecular weight excluding hydrogens is 412 g/mol. The molecule has 2 aliphatic rings. The lowest BCUT2D eigenvalue weighted by molar-refractivity contribution is -0.131. The Morgan fingerprint density at radius 2 is 1.94 bits per heavy atom. The molecule has 0 spiro atoms. The van der Waals surface area contributed by atoms with E-state index >= 15 is 0 Å². The molecule has 4 heterocycles. The Balaban J connectivity index is 1.08. The third-order valence-corrected chi connectivity index (χ3v) is 5.88. The topological polar surface area (TPSA) is 139 Å². The molecular formula is C21H20N8O3. The number of hydrogen-bond donors (Lipinski definition) is 2. The second-order valence-corrected chi connectivity index (χ2v) is 8.01. The van der Waals surface area contributed by atoms with E-state index in [2.05, 4.69) is 60.2 Å². The van der Waals surface area contributed by atoms with Gasteiger partial charge in [-0.2, -0.15) is 15.4 Å². The minimum Gasteiger partial charge on any atom is -0.418 e. The van der Waals surface area contributed by atoms with Crippen LogP contribution in [-0.4, -0.2) is 54.0 Å². The number of nitrogens with zero attached hydrogens (tertiary/aromatic N) is 6. The fraction of sp³-hybridized carbons (Fsp3) is 0.333. The molecule has 0 fully saturated rings. The molecule has 1 aliphatic heterocycles. The Kier molecular flexibility index (Phi) is 4.44. The molecule has 0 saturated carbocycles. The molecule has 1 aromatic carbocycles. The first-order valence-corrected chi connectivity index (χ1v) is 10.5. The molecule has 32 heavy (non-hydrogen) atoms. The van der Waals surface area contributed by atoms with Crippen molar-refractivity contribution in [2.45, 2.75) is 38.3 Å². The van der Waals surface area contributed by atoms with E-state index in [1.54, 1.807) is 11.1 Å². The number of benzene rings is 1. The number of anilines is 1. The fourth-order valence-electron chi connectivity index (χ4n) is 4.26. The van der Waals surface area contributed by atoms with E-state index < -0.39 is 0 Å². The van der Waals surface area contributed by atoms with Gasteiger partial charge in [0, 0.05) is 19.0 Å². The Hall–Kier alpha value is -4.02. The molecule has 6 rings (SSSR count). The molecule has 162 valence electrons. The van der Waals surface area contributed by atoms with Crippen molar-refractivity contribution in [2.75, 3.05) is 11.9 Å². The maximum atomic E-state index is 12.6. The van der Waals surface area contributed by atoms with Crippen LogP contribution in [0.4, 0.5) is 6.01 Å². The Morgan fingerprint density at radius 1 is 1.12 bits per heavy atom. The average molecular weight is 432 g/mol. The van der Waals surface area contributed by atoms with E-state index in [9.17, 15) is 4.79 Å². The maximum Gasteiger partial charge on any atom is 0.295 e. The molecule has 3 aromatic heterocycles. The highest BCUT2D eigenvalue weighted by Gasteiger charge is 2.26. The van der Waals surface area contributed by atoms with E-state index in [4.69, 9.17) is 8.83 Å². The summed E-state index contributed by atoms with van der Waals surface area (Å²) in [7, 11) is 0. The molecule has 0 bridgehead atoms. The number of carbonyl (C=O) groups is 1. The van der Waals surface area contributed by atoms with Crippen LogP contribution in [-0.2, 0) is 37.0 Å². The van der Waals surface area contributed by atoms with Gasteiger partial charge >= 0.3 is 0 Å². The van der Waals surface area contributed by atoms with Crippen LogP contribution in [0.15, 0.2) is 39.3 Å². The van der Waals surface area contributed by atoms with Gasteiger partial charge in [0.25, 0.3) is 11.9 Å². The lowest BCUT2D eigenvalue weighted by Crippen LogP contribution is -2.37. The number of aromatic amines is 1. The molecule has 4 aromatic rings. The van der Waals surface area contributed by atoms with Gasteiger partial charge in [0.15, 0.2) is 0 Å². The zero-order chi connectivity index (χ0) is 21.5. The summed E-state index contributed by atoms with van der Waals surface area (Å²) in [6.07, 6.45) is 4.08. The minimum absolute atomic E-state index is 0.0137. The van der Waals surface area contributed by atoms with Crippen LogP contribution in [0, 0.1) is 0 Å². The van der Waals surface area contributed by atoms with Crippen molar-refractivity contribution < 1.29 is 13.6 Å². The van der Waals surface area contributed by atoms with Crippen molar-refractivity contribution in [2.24, 2.45) is 0 Å². The molecule has 1 amide bonds. The zero-order valence-corrected chi connectivity index (χ0v) is 17.1. The summed E-state index contributed by atoms with van der Waals surface area (Å²) in [5, 5.41) is 22.1. The lowest BCUT2D eigenvalue weighted by Gasteiger charge is -2.24. The van der Waals surface area contributed by atoms with Gasteiger partial charge in [-0.3, -0.25) is 4.79 Å². The first-order chi connectivity index (χ1) is 15.7. The summed E-state index contributed by atoms with van der Waals surface area (Å²) in [6, 6.07) is 9.04. The van der Waals surface area contributed by atoms with E-state index in [1.807, 2.05) is 0 Å². The Bertz CT molecular complexity index is 1250. The molecule has 1 aliphatic carbocycles. The van der Waals surface area contributed by atoms with E-state index in [0.717, 1.165) is 24.2 Å². The molecule has 2 N–H and O–H groups in total. The van der Waals surface area contributed by atoms with Gasteiger partial charge in [-0.1, -0.05) is 24.3 Å². The molecule has 11 nitrogen and oxygen atoms in total. The first-order valence-electron chi connectivity index (χ1n) is 10.5. The third-order valence-electron chi connectivity index (χ3n) is 5.88. The van der Waals surface area contributed by atoms with Crippen LogP contribution >= 0.6 is 0 Å². The second kappa shape index (κ2) is 7.59. The maximum absolute atomic E-state index is 12.6. The highest BCUT2D eigenvalue weighted by atomic mass is 16.4. The number of hydrogen-bond acceptors (Lipinski definition) is 9. The number of aromatic nitrogens is 6. The van der Waals surface area contributed by atoms with Crippen LogP contribution in [0.5, 0.6) is 0 Å². The third kappa shape index (κ3) is 3.51. The number of rotatable bonds is 5. The standard InChI is InChI=1S/C21H20N8O3/c30-19(29-6-5-15-16(11-29)25-28-24-15)9-18-26-27-20(32-18)17-10-22-21(31-17)23-14-7-12-3-1-2-4-13(12)8-14/h1-4,10,14H,5-9,11H2,(H,22,23)(H,24,25,28). The van der Waals surface area contributed by atoms with Gasteiger partial charge in [-0.15, -0.1) is 10.2 Å². The SMILES string of the molecule is O=C(Cc1nnc(-c2cnc(NC3Cc4ccccc4C3)o2)o1)N1CCc2n[nH]nc2C1. The largest absolute Gasteiger partial charge is 0.418 e. The van der Waals surface area contributed by atoms with E-state index in [1.165, 1.54) is 11.1 Å². The van der Waals surface area contributed by atoms with Crippen LogP contribution in [0.3, 0.4) is 0 Å². The molecule has 0 atom stereocenters. The smallest absolute Gasteiger partial charge is 0.295 e. The highest BCUT2D eigenvalue weighted by Crippen LogP contribution is 2.26. The molecule has 11 heteroatoms. The van der Waals surface area contributed by atoms with Gasteiger partial charge in [0.2, 0.25) is 17.6 Å². The fourth-order valence-corrected chi connectivity index (χ4v) is 4.26. The summed E-state index contributed by atoms with van der Waals surface area (Å²) in [4.78, 5) is 18.6. The first kappa shape index (κ1) is 18.7. The lowest BCUT2D eigenvalue weighted by atomic mass is 10.1. The van der Waals surface area contributed by atoms with E-state index in [-0.39, 0.29) is 30.2 Å². The van der Waals surface area contributed by atoms with Crippen molar-refractivity contribution >= 4 is 11.9 Å². The predicted octanol–water partition coefficient (Wildman–Crippen LogP) is 1.55. The van der Waals surface area contributed by atoms with Crippen LogP contribution in [0.2, 0.25) is 0 Å². The highest BCUT2D eigenvalue weighted by molar-refractivity contribution is 5.78. The van der Waals surface area contributed by atoms with Gasteiger partial charge in [-0.25, -0.2) is 4.98 Å². The number of carbonyl (C=O) groups excluding carboxylic acids is 1. The van der Waals surface area contributed by atoms with Crippen LogP contribution in [0.1, 0.15) is 28.4 Å². The summed E-state index contributed by atoms with van der Waals surface area (Å²) in [5.41, 5.74) is 4.39. The molecule has 0 unspecified atom stereocenters. The zero-order valence-electron chi connectivity index (χ0n) is 17.1. The summed E-state index contributed by atoms with van der Waals surface area (Å²) in [5.74, 6) is 0.683. The summed E-state index contributed by atoms with van der Waals surface area (Å²) < 4.78 is 11.4. The normalized spacial score (nSPS) is 15.6. The van der Waals surface area contributed by atoms with Crippen molar-refractivity contribution in [1.82, 2.24) is 35.5 Å². The number of fused-ring (bicyclic) bond motifs is 2. The van der Waals surface area contributed by atoms with Crippen molar-refractivity contribution in [3.63, 3.8) is 0 Å². The number of nitrogens with one attached hydrogen (secondary N) is 2. The van der Waals surface area contributed by atoms with Gasteiger partial charge in [0.1, 0.15) is 12.1 Å². The number of amides is 1. The van der Waals surface area contributed by atoms with Crippen LogP contribution in [0.25, 0.3) is 11.7 Å². The summed E-state index contributed by atoms with van der Waals surface area (Å²) >= 11 is 0.